The van der Waals surface area contributed by atoms with Gasteiger partial charge in [-0.3, -0.25) is 14.6 Å². The first-order chi connectivity index (χ1) is 11.6. The predicted octanol–water partition coefficient (Wildman–Crippen LogP) is 1.91. The van der Waals surface area contributed by atoms with Gasteiger partial charge < -0.3 is 9.80 Å². The lowest BCUT2D eigenvalue weighted by atomic mass is 10.3. The Labute approximate surface area is 141 Å². The molecular weight excluding hydrogens is 304 g/mol. The van der Waals surface area contributed by atoms with E-state index in [1.54, 1.807) is 16.0 Å². The van der Waals surface area contributed by atoms with E-state index in [1.807, 2.05) is 31.0 Å². The monoisotopic (exact) mass is 326 g/mol. The molecule has 0 radical (unpaired) electrons. The van der Waals surface area contributed by atoms with Crippen molar-refractivity contribution in [1.29, 1.82) is 0 Å². The van der Waals surface area contributed by atoms with Crippen LogP contribution in [0.5, 0.6) is 0 Å². The van der Waals surface area contributed by atoms with Crippen LogP contribution in [-0.2, 0) is 0 Å². The van der Waals surface area contributed by atoms with Gasteiger partial charge in [0, 0.05) is 57.0 Å². The summed E-state index contributed by atoms with van der Waals surface area (Å²) in [4.78, 5) is 22.3. The molecule has 7 heteroatoms. The number of hydrogen-bond acceptors (Lipinski definition) is 4. The van der Waals surface area contributed by atoms with Gasteiger partial charge in [0.1, 0.15) is 0 Å². The highest BCUT2D eigenvalue weighted by Crippen LogP contribution is 2.28. The Balaban J connectivity index is 1.47. The second-order valence-electron chi connectivity index (χ2n) is 6.58. The number of rotatable bonds is 3. The third-order valence-electron chi connectivity index (χ3n) is 4.90. The van der Waals surface area contributed by atoms with E-state index in [2.05, 4.69) is 27.1 Å². The molecule has 4 heterocycles. The first-order valence-corrected chi connectivity index (χ1v) is 8.36. The highest BCUT2D eigenvalue weighted by Gasteiger charge is 2.29. The highest BCUT2D eigenvalue weighted by atomic mass is 16.2. The number of aryl methyl sites for hydroxylation is 1. The summed E-state index contributed by atoms with van der Waals surface area (Å²) in [7, 11) is 1.83. The molecule has 2 saturated heterocycles. The summed E-state index contributed by atoms with van der Waals surface area (Å²) in [6.45, 7) is 5.45. The van der Waals surface area contributed by atoms with Crippen LogP contribution in [0.25, 0.3) is 0 Å². The molecule has 2 aliphatic heterocycles. The Bertz CT molecular complexity index is 757. The summed E-state index contributed by atoms with van der Waals surface area (Å²) in [5.41, 5.74) is 3.14. The molecule has 2 amide bonds. The molecule has 0 saturated carbocycles. The van der Waals surface area contributed by atoms with E-state index in [0.717, 1.165) is 44.0 Å². The number of pyridine rings is 1. The molecule has 7 nitrogen and oxygen atoms in total. The zero-order valence-electron chi connectivity index (χ0n) is 14.1. The first-order valence-electron chi connectivity index (χ1n) is 8.36. The fraction of sp³-hybridized carbons (Fsp3) is 0.471. The second kappa shape index (κ2) is 5.81. The quantitative estimate of drug-likeness (QED) is 0.864. The van der Waals surface area contributed by atoms with Crippen LogP contribution < -0.4 is 9.80 Å². The molecule has 2 aromatic rings. The van der Waals surface area contributed by atoms with Crippen molar-refractivity contribution in [2.45, 2.75) is 19.4 Å². The number of urea groups is 1. The predicted molar refractivity (Wildman–Crippen MR) is 92.4 cm³/mol. The summed E-state index contributed by atoms with van der Waals surface area (Å²) in [5.74, 6) is 0. The zero-order chi connectivity index (χ0) is 16.7. The average molecular weight is 326 g/mol. The Morgan fingerprint density at radius 1 is 1.21 bits per heavy atom. The van der Waals surface area contributed by atoms with Gasteiger partial charge in [-0.2, -0.15) is 5.10 Å². The summed E-state index contributed by atoms with van der Waals surface area (Å²) in [6, 6.07) is 4.57. The van der Waals surface area contributed by atoms with Gasteiger partial charge in [0.15, 0.2) is 0 Å². The van der Waals surface area contributed by atoms with E-state index >= 15 is 0 Å². The van der Waals surface area contributed by atoms with E-state index in [4.69, 9.17) is 0 Å². The number of hydrogen-bond donors (Lipinski definition) is 0. The van der Waals surface area contributed by atoms with Crippen molar-refractivity contribution in [2.75, 3.05) is 43.0 Å². The number of aromatic nitrogens is 3. The van der Waals surface area contributed by atoms with E-state index in [9.17, 15) is 4.79 Å². The lowest BCUT2D eigenvalue weighted by molar-refractivity contribution is 0.229. The summed E-state index contributed by atoms with van der Waals surface area (Å²) >= 11 is 0. The zero-order valence-corrected chi connectivity index (χ0v) is 14.1. The minimum absolute atomic E-state index is 0.0508. The second-order valence-corrected chi connectivity index (χ2v) is 6.58. The van der Waals surface area contributed by atoms with Gasteiger partial charge in [-0.25, -0.2) is 4.79 Å². The van der Waals surface area contributed by atoms with Gasteiger partial charge in [0.25, 0.3) is 0 Å². The van der Waals surface area contributed by atoms with Crippen LogP contribution in [-0.4, -0.2) is 58.9 Å². The van der Waals surface area contributed by atoms with Crippen molar-refractivity contribution in [3.8, 4) is 0 Å². The Hall–Kier alpha value is -2.57. The molecule has 2 fully saturated rings. The smallest absolute Gasteiger partial charge is 0.324 e. The Morgan fingerprint density at radius 3 is 2.83 bits per heavy atom. The first kappa shape index (κ1) is 15.0. The minimum Gasteiger partial charge on any atom is -0.369 e. The average Bonchev–Trinajstić information content (AvgIpc) is 3.29. The largest absolute Gasteiger partial charge is 0.369 e. The normalized spacial score (nSPS) is 21.2. The van der Waals surface area contributed by atoms with Crippen LogP contribution >= 0.6 is 0 Å². The molecule has 1 unspecified atom stereocenters. The topological polar surface area (TPSA) is 57.5 Å². The third-order valence-corrected chi connectivity index (χ3v) is 4.90. The van der Waals surface area contributed by atoms with E-state index in [0.29, 0.717) is 6.04 Å². The van der Waals surface area contributed by atoms with Gasteiger partial charge in [-0.1, -0.05) is 0 Å². The molecule has 2 aromatic heterocycles. The molecule has 2 aliphatic rings. The van der Waals surface area contributed by atoms with E-state index in [1.165, 1.54) is 5.69 Å². The van der Waals surface area contributed by atoms with Crippen molar-refractivity contribution < 1.29 is 4.79 Å². The Morgan fingerprint density at radius 2 is 2.08 bits per heavy atom. The number of nitrogens with zero attached hydrogens (tertiary/aromatic N) is 6. The molecule has 4 rings (SSSR count). The van der Waals surface area contributed by atoms with Crippen molar-refractivity contribution in [3.63, 3.8) is 0 Å². The van der Waals surface area contributed by atoms with Gasteiger partial charge in [0.05, 0.1) is 17.9 Å². The third kappa shape index (κ3) is 2.60. The maximum absolute atomic E-state index is 12.1. The van der Waals surface area contributed by atoms with Crippen LogP contribution in [0.2, 0.25) is 0 Å². The molecule has 24 heavy (non-hydrogen) atoms. The molecule has 0 spiro atoms. The molecule has 126 valence electrons. The van der Waals surface area contributed by atoms with Crippen LogP contribution in [0.1, 0.15) is 18.2 Å². The van der Waals surface area contributed by atoms with Crippen molar-refractivity contribution in [2.24, 2.45) is 0 Å². The van der Waals surface area contributed by atoms with Crippen molar-refractivity contribution in [1.82, 2.24) is 19.7 Å². The SMILES string of the molecule is Cc1cc(N2CCC(n3cc(N4CCN(C)C4=O)cn3)C2)ccn1. The summed E-state index contributed by atoms with van der Waals surface area (Å²) in [5, 5.41) is 4.51. The van der Waals surface area contributed by atoms with Crippen molar-refractivity contribution >= 4 is 17.4 Å². The fourth-order valence-corrected chi connectivity index (χ4v) is 3.47. The fourth-order valence-electron chi connectivity index (χ4n) is 3.47. The highest BCUT2D eigenvalue weighted by molar-refractivity contribution is 5.93. The van der Waals surface area contributed by atoms with Crippen molar-refractivity contribution in [3.05, 3.63) is 36.4 Å². The summed E-state index contributed by atoms with van der Waals surface area (Å²) < 4.78 is 2.01. The number of amides is 2. The molecule has 0 N–H and O–H groups in total. The van der Waals surface area contributed by atoms with E-state index < -0.39 is 0 Å². The van der Waals surface area contributed by atoms with Crippen LogP contribution in [0.3, 0.4) is 0 Å². The summed E-state index contributed by atoms with van der Waals surface area (Å²) in [6.07, 6.45) is 6.72. The van der Waals surface area contributed by atoms with Gasteiger partial charge in [-0.05, 0) is 25.5 Å². The van der Waals surface area contributed by atoms with Gasteiger partial charge in [0.2, 0.25) is 0 Å². The molecule has 1 atom stereocenters. The van der Waals surface area contributed by atoms with Crippen LogP contribution in [0, 0.1) is 6.92 Å². The van der Waals surface area contributed by atoms with Crippen LogP contribution in [0.4, 0.5) is 16.2 Å². The number of likely N-dealkylation sites (N-methyl/N-ethyl adjacent to an activating group) is 1. The standard InChI is InChI=1S/C17H22N6O/c1-13-9-14(3-5-18-13)21-6-4-15(11-21)23-12-16(10-19-23)22-8-7-20(2)17(22)24/h3,5,9-10,12,15H,4,6-8,11H2,1-2H3. The maximum Gasteiger partial charge on any atom is 0.324 e. The number of anilines is 2. The van der Waals surface area contributed by atoms with Crippen LogP contribution in [0.15, 0.2) is 30.7 Å². The van der Waals surface area contributed by atoms with Gasteiger partial charge >= 0.3 is 6.03 Å². The molecular formula is C17H22N6O. The van der Waals surface area contributed by atoms with E-state index in [-0.39, 0.29) is 6.03 Å². The maximum atomic E-state index is 12.1. The molecule has 0 aliphatic carbocycles. The molecule has 0 aromatic carbocycles. The minimum atomic E-state index is 0.0508. The number of carbonyl (C=O) groups excluding carboxylic acids is 1. The number of carbonyl (C=O) groups is 1. The Kier molecular flexibility index (Phi) is 3.63. The molecule has 0 bridgehead atoms. The van der Waals surface area contributed by atoms with Gasteiger partial charge in [-0.15, -0.1) is 0 Å². The lowest BCUT2D eigenvalue weighted by Gasteiger charge is -2.19. The lowest BCUT2D eigenvalue weighted by Crippen LogP contribution is -2.28.